The van der Waals surface area contributed by atoms with E-state index in [-0.39, 0.29) is 46.5 Å². The highest BCUT2D eigenvalue weighted by molar-refractivity contribution is 6.02. The molecule has 3 aromatic rings. The maximum absolute atomic E-state index is 13.1. The van der Waals surface area contributed by atoms with Gasteiger partial charge in [-0.15, -0.1) is 4.91 Å². The van der Waals surface area contributed by atoms with Crippen molar-refractivity contribution in [1.29, 1.82) is 5.26 Å². The molecular formula is C33H34N6O5. The smallest absolute Gasteiger partial charge is 0.272 e. The topological polar surface area (TPSA) is 145 Å². The summed E-state index contributed by atoms with van der Waals surface area (Å²) in [6, 6.07) is 17.6. The van der Waals surface area contributed by atoms with Gasteiger partial charge in [0.25, 0.3) is 11.8 Å². The van der Waals surface area contributed by atoms with Gasteiger partial charge in [0.1, 0.15) is 17.1 Å². The molecule has 0 unspecified atom stereocenters. The molecule has 11 heteroatoms. The van der Waals surface area contributed by atoms with Crippen molar-refractivity contribution in [3.8, 4) is 11.8 Å². The Morgan fingerprint density at radius 2 is 1.73 bits per heavy atom. The van der Waals surface area contributed by atoms with E-state index in [9.17, 15) is 19.3 Å². The number of carbonyl (C=O) groups is 3. The molecule has 2 amide bonds. The zero-order chi connectivity index (χ0) is 31.1. The lowest BCUT2D eigenvalue weighted by Crippen LogP contribution is -2.44. The van der Waals surface area contributed by atoms with Crippen LogP contribution < -0.4 is 10.1 Å². The third kappa shape index (κ3) is 7.15. The van der Waals surface area contributed by atoms with Crippen LogP contribution in [0, 0.1) is 22.2 Å². The number of carbonyl (C=O) groups excluding carboxylic acids is 3. The number of nitroso groups, excluding NO2 is 1. The summed E-state index contributed by atoms with van der Waals surface area (Å²) in [7, 11) is 1.47. The van der Waals surface area contributed by atoms with Gasteiger partial charge in [-0.2, -0.15) is 5.26 Å². The van der Waals surface area contributed by atoms with Gasteiger partial charge >= 0.3 is 0 Å². The third-order valence-corrected chi connectivity index (χ3v) is 8.38. The Kier molecular flexibility index (Phi) is 9.72. The highest BCUT2D eigenvalue weighted by Gasteiger charge is 2.30. The first-order valence-corrected chi connectivity index (χ1v) is 14.7. The van der Waals surface area contributed by atoms with Gasteiger partial charge in [0.05, 0.1) is 24.3 Å². The number of hydrogen-bond donors (Lipinski definition) is 1. The monoisotopic (exact) mass is 594 g/mol. The summed E-state index contributed by atoms with van der Waals surface area (Å²) in [6.45, 7) is 3.27. The standard InChI is InChI=1S/C33H34N6O5/c1-44-27-7-8-28(30(18-27)37-43)31(40)24-10-16-39(17-11-24)33(42)29-9-6-25(20-35-29)32(41)36-26-12-14-38(15-13-26)21-23-4-2-22(19-34)3-5-23/h2-9,18,20,24,26H,10-17,21H2,1H3,(H,36,41). The van der Waals surface area contributed by atoms with Crippen LogP contribution in [0.4, 0.5) is 5.69 Å². The van der Waals surface area contributed by atoms with Crippen LogP contribution in [0.2, 0.25) is 0 Å². The molecule has 0 radical (unpaired) electrons. The minimum atomic E-state index is -0.324. The first kappa shape index (κ1) is 30.5. The quantitative estimate of drug-likeness (QED) is 0.282. The van der Waals surface area contributed by atoms with E-state index in [0.717, 1.165) is 38.0 Å². The van der Waals surface area contributed by atoms with E-state index in [2.05, 4.69) is 26.4 Å². The molecule has 3 heterocycles. The minimum absolute atomic E-state index is 0.0475. The second kappa shape index (κ2) is 14.0. The number of benzene rings is 2. The van der Waals surface area contributed by atoms with Gasteiger partial charge in [-0.3, -0.25) is 24.3 Å². The van der Waals surface area contributed by atoms with E-state index >= 15 is 0 Å². The molecule has 226 valence electrons. The van der Waals surface area contributed by atoms with Crippen LogP contribution in [0.3, 0.4) is 0 Å². The van der Waals surface area contributed by atoms with Crippen LogP contribution in [0.15, 0.2) is 66.0 Å². The van der Waals surface area contributed by atoms with E-state index in [1.165, 1.54) is 19.4 Å². The highest BCUT2D eigenvalue weighted by atomic mass is 16.5. The van der Waals surface area contributed by atoms with Gasteiger partial charge in [0, 0.05) is 62.5 Å². The number of piperidine rings is 2. The second-order valence-electron chi connectivity index (χ2n) is 11.2. The summed E-state index contributed by atoms with van der Waals surface area (Å²) in [5.74, 6) is -0.513. The van der Waals surface area contributed by atoms with E-state index in [1.807, 2.05) is 24.3 Å². The number of ketones is 1. The molecule has 2 fully saturated rings. The van der Waals surface area contributed by atoms with Crippen LogP contribution in [-0.4, -0.2) is 71.7 Å². The van der Waals surface area contributed by atoms with Crippen LogP contribution in [0.25, 0.3) is 0 Å². The normalized spacial score (nSPS) is 16.1. The number of pyridine rings is 1. The zero-order valence-corrected chi connectivity index (χ0v) is 24.6. The lowest BCUT2D eigenvalue weighted by Gasteiger charge is -2.32. The van der Waals surface area contributed by atoms with Crippen molar-refractivity contribution in [1.82, 2.24) is 20.1 Å². The molecule has 0 aliphatic carbocycles. The number of methoxy groups -OCH3 is 1. The SMILES string of the molecule is COc1ccc(C(=O)C2CCN(C(=O)c3ccc(C(=O)NC4CCN(Cc5ccc(C#N)cc5)CC4)cn3)CC2)c(N=O)c1. The number of likely N-dealkylation sites (tertiary alicyclic amines) is 2. The third-order valence-electron chi connectivity index (χ3n) is 8.38. The average Bonchev–Trinajstić information content (AvgIpc) is 3.08. The maximum atomic E-state index is 13.1. The van der Waals surface area contributed by atoms with Crippen molar-refractivity contribution in [3.05, 3.63) is 93.6 Å². The molecular weight excluding hydrogens is 560 g/mol. The van der Waals surface area contributed by atoms with E-state index in [0.29, 0.717) is 42.8 Å². The predicted octanol–water partition coefficient (Wildman–Crippen LogP) is 4.49. The van der Waals surface area contributed by atoms with Gasteiger partial charge in [0.2, 0.25) is 0 Å². The Labute approximate surface area is 255 Å². The largest absolute Gasteiger partial charge is 0.497 e. The van der Waals surface area contributed by atoms with Crippen molar-refractivity contribution in [2.75, 3.05) is 33.3 Å². The Hall–Kier alpha value is -4.95. The Bertz CT molecular complexity index is 1550. The van der Waals surface area contributed by atoms with Gasteiger partial charge in [-0.25, -0.2) is 0 Å². The summed E-state index contributed by atoms with van der Waals surface area (Å²) in [6.07, 6.45) is 4.01. The first-order valence-electron chi connectivity index (χ1n) is 14.7. The molecule has 1 aromatic heterocycles. The van der Waals surface area contributed by atoms with Crippen molar-refractivity contribution in [3.63, 3.8) is 0 Å². The van der Waals surface area contributed by atoms with Crippen molar-refractivity contribution in [2.24, 2.45) is 11.1 Å². The number of nitrogens with zero attached hydrogens (tertiary/aromatic N) is 5. The highest BCUT2D eigenvalue weighted by Crippen LogP contribution is 2.30. The van der Waals surface area contributed by atoms with Crippen LogP contribution in [-0.2, 0) is 6.54 Å². The Morgan fingerprint density at radius 1 is 1.00 bits per heavy atom. The fraction of sp³-hybridized carbons (Fsp3) is 0.364. The fourth-order valence-electron chi connectivity index (χ4n) is 5.75. The molecule has 0 atom stereocenters. The lowest BCUT2D eigenvalue weighted by molar-refractivity contribution is 0.0645. The van der Waals surface area contributed by atoms with E-state index < -0.39 is 0 Å². The molecule has 44 heavy (non-hydrogen) atoms. The van der Waals surface area contributed by atoms with E-state index in [4.69, 9.17) is 10.00 Å². The van der Waals surface area contributed by atoms with Gasteiger partial charge in [-0.05, 0) is 72.8 Å². The number of hydrogen-bond acceptors (Lipinski definition) is 9. The Balaban J connectivity index is 1.08. The molecule has 0 bridgehead atoms. The van der Waals surface area contributed by atoms with E-state index in [1.54, 1.807) is 29.2 Å². The van der Waals surface area contributed by atoms with Crippen LogP contribution in [0.1, 0.15) is 68.0 Å². The molecule has 2 aliphatic heterocycles. The number of ether oxygens (including phenoxy) is 1. The molecule has 0 saturated carbocycles. The number of nitriles is 1. The van der Waals surface area contributed by atoms with Crippen LogP contribution >= 0.6 is 0 Å². The van der Waals surface area contributed by atoms with Crippen molar-refractivity contribution >= 4 is 23.3 Å². The molecule has 11 nitrogen and oxygen atoms in total. The number of Topliss-reactive ketones (excluding diaryl/α,β-unsaturated/α-hetero) is 1. The molecule has 1 N–H and O–H groups in total. The molecule has 2 aromatic carbocycles. The van der Waals surface area contributed by atoms with Crippen molar-refractivity contribution in [2.45, 2.75) is 38.3 Å². The number of aromatic nitrogens is 1. The number of rotatable bonds is 9. The Morgan fingerprint density at radius 3 is 2.34 bits per heavy atom. The summed E-state index contributed by atoms with van der Waals surface area (Å²) in [5, 5.41) is 15.0. The lowest BCUT2D eigenvalue weighted by atomic mass is 9.88. The summed E-state index contributed by atoms with van der Waals surface area (Å²) in [4.78, 5) is 58.6. The number of nitrogens with one attached hydrogen (secondary N) is 1. The predicted molar refractivity (Wildman–Crippen MR) is 163 cm³/mol. The van der Waals surface area contributed by atoms with Gasteiger partial charge in [-0.1, -0.05) is 12.1 Å². The molecule has 0 spiro atoms. The molecule has 2 aliphatic rings. The summed E-state index contributed by atoms with van der Waals surface area (Å²) in [5.41, 5.74) is 2.75. The van der Waals surface area contributed by atoms with Gasteiger partial charge < -0.3 is 15.0 Å². The number of amides is 2. The van der Waals surface area contributed by atoms with Gasteiger partial charge in [0.15, 0.2) is 5.78 Å². The second-order valence-corrected chi connectivity index (χ2v) is 11.2. The molecule has 5 rings (SSSR count). The minimum Gasteiger partial charge on any atom is -0.497 e. The van der Waals surface area contributed by atoms with Crippen molar-refractivity contribution < 1.29 is 19.1 Å². The first-order chi connectivity index (χ1) is 21.4. The molecule has 2 saturated heterocycles. The summed E-state index contributed by atoms with van der Waals surface area (Å²) >= 11 is 0. The average molecular weight is 595 g/mol. The van der Waals surface area contributed by atoms with Crippen LogP contribution in [0.5, 0.6) is 5.75 Å². The fourth-order valence-corrected chi connectivity index (χ4v) is 5.75. The summed E-state index contributed by atoms with van der Waals surface area (Å²) < 4.78 is 5.11. The maximum Gasteiger partial charge on any atom is 0.272 e. The zero-order valence-electron chi connectivity index (χ0n) is 24.6.